The van der Waals surface area contributed by atoms with Crippen LogP contribution in [0.3, 0.4) is 0 Å². The van der Waals surface area contributed by atoms with Crippen LogP contribution in [0.15, 0.2) is 48.1 Å². The third kappa shape index (κ3) is 4.77. The Labute approximate surface area is 202 Å². The van der Waals surface area contributed by atoms with E-state index in [0.29, 0.717) is 0 Å². The van der Waals surface area contributed by atoms with E-state index < -0.39 is 18.0 Å². The van der Waals surface area contributed by atoms with Gasteiger partial charge >= 0.3 is 6.18 Å². The van der Waals surface area contributed by atoms with Gasteiger partial charge in [0.15, 0.2) is 17.6 Å². The fraction of sp³-hybridized carbons (Fsp3) is 0.227. The van der Waals surface area contributed by atoms with Crippen LogP contribution in [0.5, 0.6) is 11.5 Å². The van der Waals surface area contributed by atoms with E-state index >= 15 is 0 Å². The lowest BCUT2D eigenvalue weighted by atomic mass is 10.1. The molecule has 1 amide bonds. The number of halogens is 3. The molecule has 1 aliphatic rings. The molecule has 186 valence electrons. The normalized spacial score (nSPS) is 15.7. The van der Waals surface area contributed by atoms with Crippen LogP contribution in [0.2, 0.25) is 0 Å². The molecule has 0 saturated carbocycles. The van der Waals surface area contributed by atoms with Gasteiger partial charge in [-0.3, -0.25) is 4.79 Å². The number of likely N-dealkylation sites (N-methyl/N-ethyl adjacent to an activating group) is 1. The zero-order valence-electron chi connectivity index (χ0n) is 19.1. The van der Waals surface area contributed by atoms with E-state index in [1.807, 2.05) is 6.07 Å². The van der Waals surface area contributed by atoms with Crippen molar-refractivity contribution in [2.45, 2.75) is 19.3 Å². The number of fused-ring (bicyclic) bond motifs is 1. The van der Waals surface area contributed by atoms with Crippen LogP contribution in [0.25, 0.3) is 11.2 Å². The van der Waals surface area contributed by atoms with Crippen molar-refractivity contribution in [1.29, 1.82) is 5.26 Å². The summed E-state index contributed by atoms with van der Waals surface area (Å²) in [5.41, 5.74) is -0.683. The van der Waals surface area contributed by atoms with E-state index in [1.165, 1.54) is 50.1 Å². The van der Waals surface area contributed by atoms with Gasteiger partial charge in [0.05, 0.1) is 17.5 Å². The van der Waals surface area contributed by atoms with Gasteiger partial charge in [-0.15, -0.1) is 0 Å². The maximum Gasteiger partial charge on any atom is 0.417 e. The Morgan fingerprint density at radius 3 is 2.72 bits per heavy atom. The number of alkyl halides is 3. The topological polar surface area (TPSA) is 141 Å². The van der Waals surface area contributed by atoms with E-state index in [1.54, 1.807) is 0 Å². The number of imidazole rings is 1. The first-order valence-corrected chi connectivity index (χ1v) is 10.3. The molecule has 0 radical (unpaired) electrons. The van der Waals surface area contributed by atoms with Gasteiger partial charge in [-0.25, -0.2) is 9.97 Å². The highest BCUT2D eigenvalue weighted by Crippen LogP contribution is 2.34. The summed E-state index contributed by atoms with van der Waals surface area (Å²) in [6.07, 6.45) is -1.74. The summed E-state index contributed by atoms with van der Waals surface area (Å²) >= 11 is 0. The average Bonchev–Trinajstić information content (AvgIpc) is 3.11. The first-order valence-electron chi connectivity index (χ1n) is 10.3. The standard InChI is InChI=1S/C22H19F3N8O3/c1-11(34)29-17-7-13(4-5-27-17)36-16-9-28-19-18(14(16)8-26)33(3)21(31-19)30-15-6-12(22(23,24)25)10-32(2)20(15)35/h4-7,9-10,20,35H,1-3H3,(H,27,29,34)(H,28,30,31). The second-order valence-electron chi connectivity index (χ2n) is 7.78. The minimum atomic E-state index is -4.62. The Balaban J connectivity index is 1.70. The summed E-state index contributed by atoms with van der Waals surface area (Å²) in [5, 5.41) is 25.4. The number of aromatic nitrogens is 4. The lowest BCUT2D eigenvalue weighted by Gasteiger charge is -2.30. The van der Waals surface area contributed by atoms with Crippen molar-refractivity contribution in [2.24, 2.45) is 7.05 Å². The zero-order valence-corrected chi connectivity index (χ0v) is 19.1. The van der Waals surface area contributed by atoms with Crippen molar-refractivity contribution in [3.63, 3.8) is 0 Å². The fourth-order valence-electron chi connectivity index (χ4n) is 3.48. The molecule has 3 aromatic heterocycles. The summed E-state index contributed by atoms with van der Waals surface area (Å²) in [4.78, 5) is 24.7. The zero-order chi connectivity index (χ0) is 26.2. The van der Waals surface area contributed by atoms with E-state index in [9.17, 15) is 28.3 Å². The van der Waals surface area contributed by atoms with E-state index in [-0.39, 0.29) is 51.6 Å². The van der Waals surface area contributed by atoms with Crippen LogP contribution >= 0.6 is 0 Å². The number of aryl methyl sites for hydroxylation is 1. The number of rotatable bonds is 5. The molecule has 0 aromatic carbocycles. The molecular weight excluding hydrogens is 481 g/mol. The average molecular weight is 500 g/mol. The minimum absolute atomic E-state index is 0.0464. The van der Waals surface area contributed by atoms with Crippen molar-refractivity contribution >= 4 is 28.8 Å². The van der Waals surface area contributed by atoms with Crippen LogP contribution in [0, 0.1) is 11.3 Å². The molecule has 4 rings (SSSR count). The Morgan fingerprint density at radius 1 is 1.31 bits per heavy atom. The van der Waals surface area contributed by atoms with Gasteiger partial charge in [-0.2, -0.15) is 23.4 Å². The van der Waals surface area contributed by atoms with E-state index in [0.717, 1.165) is 17.2 Å². The molecule has 1 unspecified atom stereocenters. The molecule has 3 N–H and O–H groups in total. The predicted octanol–water partition coefficient (Wildman–Crippen LogP) is 2.99. The van der Waals surface area contributed by atoms with Gasteiger partial charge in [-0.1, -0.05) is 0 Å². The largest absolute Gasteiger partial charge is 0.454 e. The molecule has 1 aliphatic heterocycles. The maximum atomic E-state index is 13.3. The minimum Gasteiger partial charge on any atom is -0.454 e. The molecular formula is C22H19F3N8O3. The van der Waals surface area contributed by atoms with Gasteiger partial charge in [0.1, 0.15) is 28.7 Å². The summed E-state index contributed by atoms with van der Waals surface area (Å²) in [7, 11) is 2.83. The van der Waals surface area contributed by atoms with Gasteiger partial charge in [0, 0.05) is 39.5 Å². The number of hydrogen-bond donors (Lipinski definition) is 3. The van der Waals surface area contributed by atoms with E-state index in [2.05, 4.69) is 25.6 Å². The Bertz CT molecular complexity index is 1460. The Hall–Kier alpha value is -4.64. The van der Waals surface area contributed by atoms with Gasteiger partial charge in [0.25, 0.3) is 0 Å². The first-order chi connectivity index (χ1) is 17.0. The SMILES string of the molecule is CC(=O)Nc1cc(Oc2cnc3nc(NC4=CC(C(F)(F)F)=CN(C)C4O)n(C)c3c2C#N)ccn1. The lowest BCUT2D eigenvalue weighted by Crippen LogP contribution is -2.36. The fourth-order valence-corrected chi connectivity index (χ4v) is 3.48. The van der Waals surface area contributed by atoms with Crippen LogP contribution < -0.4 is 15.4 Å². The number of allylic oxidation sites excluding steroid dienone is 2. The summed E-state index contributed by atoms with van der Waals surface area (Å²) in [5.74, 6) is 0.328. The van der Waals surface area contributed by atoms with Gasteiger partial charge in [0.2, 0.25) is 11.9 Å². The third-order valence-electron chi connectivity index (χ3n) is 5.14. The number of anilines is 2. The van der Waals surface area contributed by atoms with Crippen molar-refractivity contribution in [1.82, 2.24) is 24.4 Å². The number of aliphatic hydroxyl groups excluding tert-OH is 1. The Kier molecular flexibility index (Phi) is 6.25. The van der Waals surface area contributed by atoms with Crippen LogP contribution in [-0.2, 0) is 11.8 Å². The second kappa shape index (κ2) is 9.19. The summed E-state index contributed by atoms with van der Waals surface area (Å²) < 4.78 is 47.0. The molecule has 1 atom stereocenters. The lowest BCUT2D eigenvalue weighted by molar-refractivity contribution is -0.114. The number of nitriles is 1. The predicted molar refractivity (Wildman–Crippen MR) is 121 cm³/mol. The monoisotopic (exact) mass is 500 g/mol. The number of aliphatic hydroxyl groups is 1. The maximum absolute atomic E-state index is 13.3. The third-order valence-corrected chi connectivity index (χ3v) is 5.14. The highest BCUT2D eigenvalue weighted by atomic mass is 19.4. The second-order valence-corrected chi connectivity index (χ2v) is 7.78. The number of nitrogens with one attached hydrogen (secondary N) is 2. The van der Waals surface area contributed by atoms with E-state index in [4.69, 9.17) is 4.74 Å². The van der Waals surface area contributed by atoms with Gasteiger partial charge < -0.3 is 29.9 Å². The van der Waals surface area contributed by atoms with Crippen molar-refractivity contribution in [2.75, 3.05) is 17.7 Å². The Morgan fingerprint density at radius 2 is 2.06 bits per heavy atom. The smallest absolute Gasteiger partial charge is 0.417 e. The molecule has 0 spiro atoms. The highest BCUT2D eigenvalue weighted by Gasteiger charge is 2.36. The molecule has 0 fully saturated rings. The molecule has 0 aliphatic carbocycles. The number of ether oxygens (including phenoxy) is 1. The number of carbonyl (C=O) groups excluding carboxylic acids is 1. The number of carbonyl (C=O) groups is 1. The van der Waals surface area contributed by atoms with Crippen molar-refractivity contribution in [3.05, 3.63) is 53.6 Å². The molecule has 4 heterocycles. The van der Waals surface area contributed by atoms with Gasteiger partial charge in [-0.05, 0) is 12.1 Å². The highest BCUT2D eigenvalue weighted by molar-refractivity contribution is 5.87. The molecule has 0 bridgehead atoms. The quantitative estimate of drug-likeness (QED) is 0.482. The van der Waals surface area contributed by atoms with Crippen molar-refractivity contribution in [3.8, 4) is 17.6 Å². The molecule has 14 heteroatoms. The molecule has 3 aromatic rings. The molecule has 36 heavy (non-hydrogen) atoms. The van der Waals surface area contributed by atoms with Crippen LogP contribution in [-0.4, -0.2) is 54.9 Å². The number of amides is 1. The molecule has 11 nitrogen and oxygen atoms in total. The first kappa shape index (κ1) is 24.5. The molecule has 0 saturated heterocycles. The summed E-state index contributed by atoms with van der Waals surface area (Å²) in [6.45, 7) is 1.33. The van der Waals surface area contributed by atoms with Crippen LogP contribution in [0.1, 0.15) is 12.5 Å². The number of pyridine rings is 2. The summed E-state index contributed by atoms with van der Waals surface area (Å²) in [6, 6.07) is 5.02. The number of hydrogen-bond acceptors (Lipinski definition) is 9. The number of nitrogens with zero attached hydrogens (tertiary/aromatic N) is 6. The van der Waals surface area contributed by atoms with Crippen LogP contribution in [0.4, 0.5) is 24.9 Å². The van der Waals surface area contributed by atoms with Crippen molar-refractivity contribution < 1.29 is 27.8 Å².